The second kappa shape index (κ2) is 5.62. The summed E-state index contributed by atoms with van der Waals surface area (Å²) in [7, 11) is 0. The SMILES string of the molecule is CC1(C)CCSCC1(NCCN=[N+]=[N-])C(=O)O. The first kappa shape index (κ1) is 14.2. The maximum Gasteiger partial charge on any atom is 0.325 e. The number of nitrogens with zero attached hydrogens (tertiary/aromatic N) is 3. The lowest BCUT2D eigenvalue weighted by molar-refractivity contribution is -0.149. The van der Waals surface area contributed by atoms with Crippen molar-refractivity contribution in [3.05, 3.63) is 10.4 Å². The van der Waals surface area contributed by atoms with Crippen molar-refractivity contribution in [2.24, 2.45) is 10.5 Å². The zero-order chi connectivity index (χ0) is 12.9. The molecule has 1 heterocycles. The molecule has 0 aromatic carbocycles. The molecule has 0 aliphatic carbocycles. The van der Waals surface area contributed by atoms with Gasteiger partial charge in [0, 0.05) is 23.8 Å². The van der Waals surface area contributed by atoms with E-state index < -0.39 is 11.5 Å². The largest absolute Gasteiger partial charge is 0.480 e. The van der Waals surface area contributed by atoms with Crippen LogP contribution in [0.2, 0.25) is 0 Å². The minimum atomic E-state index is -0.930. The zero-order valence-electron chi connectivity index (χ0n) is 10.1. The first-order valence-electron chi connectivity index (χ1n) is 5.53. The molecule has 1 rings (SSSR count). The molecule has 7 heteroatoms. The minimum absolute atomic E-state index is 0.270. The molecule has 0 aromatic heterocycles. The molecule has 1 saturated heterocycles. The molecular formula is C10H18N4O2S. The van der Waals surface area contributed by atoms with Crippen LogP contribution in [-0.2, 0) is 4.79 Å². The molecule has 0 saturated carbocycles. The molecule has 1 unspecified atom stereocenters. The first-order chi connectivity index (χ1) is 7.96. The van der Waals surface area contributed by atoms with Gasteiger partial charge in [-0.15, -0.1) is 0 Å². The number of rotatable bonds is 5. The predicted molar refractivity (Wildman–Crippen MR) is 68.1 cm³/mol. The quantitative estimate of drug-likeness (QED) is 0.340. The predicted octanol–water partition coefficient (Wildman–Crippen LogP) is 1.87. The Morgan fingerprint density at radius 3 is 2.88 bits per heavy atom. The summed E-state index contributed by atoms with van der Waals surface area (Å²) in [6.07, 6.45) is 0.860. The Labute approximate surface area is 105 Å². The maximum atomic E-state index is 11.6. The topological polar surface area (TPSA) is 98.1 Å². The van der Waals surface area contributed by atoms with Gasteiger partial charge in [-0.2, -0.15) is 11.8 Å². The van der Waals surface area contributed by atoms with E-state index in [0.717, 1.165) is 12.2 Å². The lowest BCUT2D eigenvalue weighted by Gasteiger charge is -2.47. The molecule has 0 aromatic rings. The molecule has 0 radical (unpaired) electrons. The van der Waals surface area contributed by atoms with Gasteiger partial charge in [0.15, 0.2) is 0 Å². The van der Waals surface area contributed by atoms with E-state index in [9.17, 15) is 9.90 Å². The second-order valence-electron chi connectivity index (χ2n) is 4.78. The van der Waals surface area contributed by atoms with Crippen molar-refractivity contribution in [2.45, 2.75) is 25.8 Å². The van der Waals surface area contributed by atoms with Crippen molar-refractivity contribution in [1.29, 1.82) is 0 Å². The lowest BCUT2D eigenvalue weighted by Crippen LogP contribution is -2.65. The Morgan fingerprint density at radius 1 is 1.65 bits per heavy atom. The van der Waals surface area contributed by atoms with E-state index >= 15 is 0 Å². The molecule has 1 aliphatic heterocycles. The Bertz CT molecular complexity index is 341. The molecule has 1 atom stereocenters. The first-order valence-corrected chi connectivity index (χ1v) is 6.69. The standard InChI is InChI=1S/C10H18N4O2S/c1-9(2)3-6-17-7-10(9,8(15)16)12-4-5-13-14-11/h12H,3-7H2,1-2H3,(H,15,16). The average Bonchev–Trinajstić information content (AvgIpc) is 2.25. The molecule has 1 fully saturated rings. The summed E-state index contributed by atoms with van der Waals surface area (Å²) in [6, 6.07) is 0. The summed E-state index contributed by atoms with van der Waals surface area (Å²) in [5.41, 5.74) is 6.95. The molecule has 96 valence electrons. The fourth-order valence-corrected chi connectivity index (χ4v) is 3.76. The van der Waals surface area contributed by atoms with E-state index in [0.29, 0.717) is 12.3 Å². The van der Waals surface area contributed by atoms with Gasteiger partial charge in [0.05, 0.1) is 0 Å². The monoisotopic (exact) mass is 258 g/mol. The van der Waals surface area contributed by atoms with Gasteiger partial charge in [-0.05, 0) is 23.1 Å². The minimum Gasteiger partial charge on any atom is -0.480 e. The van der Waals surface area contributed by atoms with Crippen LogP contribution in [0.5, 0.6) is 0 Å². The summed E-state index contributed by atoms with van der Waals surface area (Å²) >= 11 is 1.65. The summed E-state index contributed by atoms with van der Waals surface area (Å²) in [6.45, 7) is 4.61. The number of carboxylic acids is 1. The van der Waals surface area contributed by atoms with Crippen molar-refractivity contribution >= 4 is 17.7 Å². The van der Waals surface area contributed by atoms with Crippen LogP contribution in [0.3, 0.4) is 0 Å². The summed E-state index contributed by atoms with van der Waals surface area (Å²) in [4.78, 5) is 14.2. The third kappa shape index (κ3) is 2.86. The molecule has 6 nitrogen and oxygen atoms in total. The summed E-state index contributed by atoms with van der Waals surface area (Å²) in [5.74, 6) is 0.710. The van der Waals surface area contributed by atoms with Crippen molar-refractivity contribution in [1.82, 2.24) is 5.32 Å². The number of thioether (sulfide) groups is 1. The van der Waals surface area contributed by atoms with E-state index in [2.05, 4.69) is 15.3 Å². The van der Waals surface area contributed by atoms with Crippen molar-refractivity contribution < 1.29 is 9.90 Å². The van der Waals surface area contributed by atoms with Crippen LogP contribution in [0, 0.1) is 5.41 Å². The highest BCUT2D eigenvalue weighted by molar-refractivity contribution is 7.99. The maximum absolute atomic E-state index is 11.6. The Balaban J connectivity index is 2.80. The van der Waals surface area contributed by atoms with Crippen LogP contribution in [0.25, 0.3) is 10.4 Å². The van der Waals surface area contributed by atoms with Gasteiger partial charge < -0.3 is 10.4 Å². The van der Waals surface area contributed by atoms with Crippen LogP contribution in [0.4, 0.5) is 0 Å². The van der Waals surface area contributed by atoms with E-state index in [4.69, 9.17) is 5.53 Å². The smallest absolute Gasteiger partial charge is 0.325 e. The van der Waals surface area contributed by atoms with Crippen molar-refractivity contribution in [3.63, 3.8) is 0 Å². The fourth-order valence-electron chi connectivity index (χ4n) is 2.04. The molecule has 0 bridgehead atoms. The normalized spacial score (nSPS) is 27.2. The lowest BCUT2D eigenvalue weighted by atomic mass is 9.70. The number of hydrogen-bond donors (Lipinski definition) is 2. The number of carboxylic acid groups (broad SMARTS) is 1. The molecule has 1 aliphatic rings. The van der Waals surface area contributed by atoms with Gasteiger partial charge in [-0.3, -0.25) is 4.79 Å². The number of azide groups is 1. The van der Waals surface area contributed by atoms with Gasteiger partial charge >= 0.3 is 5.97 Å². The van der Waals surface area contributed by atoms with Gasteiger partial charge in [0.1, 0.15) is 5.54 Å². The highest BCUT2D eigenvalue weighted by Gasteiger charge is 2.52. The zero-order valence-corrected chi connectivity index (χ0v) is 11.0. The van der Waals surface area contributed by atoms with Crippen LogP contribution in [0.1, 0.15) is 20.3 Å². The van der Waals surface area contributed by atoms with E-state index in [1.54, 1.807) is 11.8 Å². The highest BCUT2D eigenvalue weighted by Crippen LogP contribution is 2.42. The molecular weight excluding hydrogens is 240 g/mol. The summed E-state index contributed by atoms with van der Waals surface area (Å²) < 4.78 is 0. The van der Waals surface area contributed by atoms with Gasteiger partial charge in [-0.1, -0.05) is 19.0 Å². The second-order valence-corrected chi connectivity index (χ2v) is 5.88. The third-order valence-corrected chi connectivity index (χ3v) is 4.54. The molecule has 0 amide bonds. The third-order valence-electron chi connectivity index (χ3n) is 3.41. The van der Waals surface area contributed by atoms with Crippen molar-refractivity contribution in [2.75, 3.05) is 24.6 Å². The van der Waals surface area contributed by atoms with Crippen LogP contribution < -0.4 is 5.32 Å². The van der Waals surface area contributed by atoms with E-state index in [-0.39, 0.29) is 12.0 Å². The fraction of sp³-hybridized carbons (Fsp3) is 0.900. The summed E-state index contributed by atoms with van der Waals surface area (Å²) in [5, 5.41) is 16.0. The molecule has 2 N–H and O–H groups in total. The van der Waals surface area contributed by atoms with Crippen LogP contribution in [-0.4, -0.2) is 41.2 Å². The molecule has 0 spiro atoms. The average molecular weight is 258 g/mol. The Morgan fingerprint density at radius 2 is 2.35 bits per heavy atom. The highest BCUT2D eigenvalue weighted by atomic mass is 32.2. The number of aliphatic carboxylic acids is 1. The van der Waals surface area contributed by atoms with E-state index in [1.807, 2.05) is 13.8 Å². The van der Waals surface area contributed by atoms with Gasteiger partial charge in [-0.25, -0.2) is 0 Å². The Kier molecular flexibility index (Phi) is 4.68. The Hall–Kier alpha value is -0.910. The van der Waals surface area contributed by atoms with Gasteiger partial charge in [0.25, 0.3) is 0 Å². The number of carbonyl (C=O) groups is 1. The molecule has 17 heavy (non-hydrogen) atoms. The van der Waals surface area contributed by atoms with Gasteiger partial charge in [0.2, 0.25) is 0 Å². The number of hydrogen-bond acceptors (Lipinski definition) is 4. The van der Waals surface area contributed by atoms with Crippen molar-refractivity contribution in [3.8, 4) is 0 Å². The van der Waals surface area contributed by atoms with E-state index in [1.165, 1.54) is 0 Å². The van der Waals surface area contributed by atoms with Crippen LogP contribution in [0.15, 0.2) is 5.11 Å². The van der Waals surface area contributed by atoms with Crippen LogP contribution >= 0.6 is 11.8 Å². The number of nitrogens with one attached hydrogen (secondary N) is 1.